The molecule has 0 saturated carbocycles. The van der Waals surface area contributed by atoms with Gasteiger partial charge in [0.1, 0.15) is 23.4 Å². The van der Waals surface area contributed by atoms with E-state index in [-0.39, 0.29) is 35.6 Å². The number of benzene rings is 1. The number of H-pyrrole nitrogens is 1. The molecule has 0 aliphatic carbocycles. The fourth-order valence-electron chi connectivity index (χ4n) is 3.81. The summed E-state index contributed by atoms with van der Waals surface area (Å²) in [6.07, 6.45) is 0.305. The van der Waals surface area contributed by atoms with Gasteiger partial charge in [-0.05, 0) is 0 Å². The van der Waals surface area contributed by atoms with Crippen molar-refractivity contribution in [2.45, 2.75) is 12.6 Å². The number of aromatic amines is 1. The summed E-state index contributed by atoms with van der Waals surface area (Å²) in [4.78, 5) is 23.1. The minimum Gasteiger partial charge on any atom is -0.491 e. The number of nitrogens with one attached hydrogen (secondary N) is 1. The predicted molar refractivity (Wildman–Crippen MR) is 119 cm³/mol. The Kier molecular flexibility index (Phi) is 7.24. The molecule has 4 rings (SSSR count). The summed E-state index contributed by atoms with van der Waals surface area (Å²) in [5.41, 5.74) is -0.255. The normalized spacial score (nSPS) is 15.2. The van der Waals surface area contributed by atoms with Crippen molar-refractivity contribution < 1.29 is 28.5 Å². The van der Waals surface area contributed by atoms with Crippen LogP contribution < -0.4 is 20.1 Å². The molecule has 2 aromatic heterocycles. The number of piperazine rings is 1. The molecule has 0 spiro atoms. The van der Waals surface area contributed by atoms with Gasteiger partial charge < -0.3 is 29.5 Å². The van der Waals surface area contributed by atoms with E-state index < -0.39 is 29.9 Å². The van der Waals surface area contributed by atoms with Gasteiger partial charge in [-0.2, -0.15) is 10.1 Å². The van der Waals surface area contributed by atoms with E-state index in [1.807, 2.05) is 0 Å². The van der Waals surface area contributed by atoms with Gasteiger partial charge in [0.15, 0.2) is 17.3 Å². The average molecular weight is 480 g/mol. The minimum absolute atomic E-state index is 0.0204. The van der Waals surface area contributed by atoms with Gasteiger partial charge in [0.2, 0.25) is 5.95 Å². The zero-order valence-corrected chi connectivity index (χ0v) is 18.6. The third-order valence-electron chi connectivity index (χ3n) is 5.53. The molecule has 184 valence electrons. The molecule has 34 heavy (non-hydrogen) atoms. The lowest BCUT2D eigenvalue weighted by Gasteiger charge is -2.36. The van der Waals surface area contributed by atoms with Crippen molar-refractivity contribution in [2.24, 2.45) is 0 Å². The molecular weight excluding hydrogens is 454 g/mol. The molecule has 3 aromatic rings. The second-order valence-corrected chi connectivity index (χ2v) is 7.84. The van der Waals surface area contributed by atoms with E-state index in [9.17, 15) is 18.7 Å². The molecule has 0 bridgehead atoms. The smallest absolute Gasteiger partial charge is 0.263 e. The fourth-order valence-corrected chi connectivity index (χ4v) is 3.81. The van der Waals surface area contributed by atoms with Crippen molar-refractivity contribution in [3.8, 4) is 5.75 Å². The minimum atomic E-state index is -1.04. The Labute approximate surface area is 193 Å². The number of hydrogen-bond donors (Lipinski definition) is 3. The van der Waals surface area contributed by atoms with Crippen molar-refractivity contribution in [3.05, 3.63) is 40.3 Å². The first-order valence-corrected chi connectivity index (χ1v) is 10.8. The van der Waals surface area contributed by atoms with Crippen LogP contribution in [-0.4, -0.2) is 89.2 Å². The molecule has 1 fully saturated rings. The summed E-state index contributed by atoms with van der Waals surface area (Å²) >= 11 is 0. The van der Waals surface area contributed by atoms with Crippen molar-refractivity contribution in [1.29, 1.82) is 0 Å². The van der Waals surface area contributed by atoms with E-state index >= 15 is 0 Å². The number of aliphatic hydroxyl groups is 2. The summed E-state index contributed by atoms with van der Waals surface area (Å²) in [6, 6.07) is 2.30. The molecule has 1 saturated heterocycles. The number of ether oxygens (including phenoxy) is 2. The Hall–Kier alpha value is -3.29. The van der Waals surface area contributed by atoms with Gasteiger partial charge in [-0.3, -0.25) is 9.78 Å². The number of hydrogen-bond acceptors (Lipinski definition) is 9. The summed E-state index contributed by atoms with van der Waals surface area (Å²) in [6.45, 7) is 1.31. The summed E-state index contributed by atoms with van der Waals surface area (Å²) in [5, 5.41) is 23.1. The van der Waals surface area contributed by atoms with Crippen LogP contribution in [0.4, 0.5) is 20.4 Å². The molecule has 1 unspecified atom stereocenters. The monoisotopic (exact) mass is 480 g/mol. The molecule has 0 radical (unpaired) electrons. The first kappa shape index (κ1) is 23.9. The maximum atomic E-state index is 14.7. The van der Waals surface area contributed by atoms with Gasteiger partial charge in [-0.1, -0.05) is 0 Å². The Morgan fingerprint density at radius 3 is 2.47 bits per heavy atom. The van der Waals surface area contributed by atoms with E-state index in [0.29, 0.717) is 38.7 Å². The molecule has 1 aliphatic rings. The molecule has 1 aliphatic heterocycles. The largest absolute Gasteiger partial charge is 0.491 e. The van der Waals surface area contributed by atoms with Crippen molar-refractivity contribution in [1.82, 2.24) is 19.7 Å². The van der Waals surface area contributed by atoms with Crippen LogP contribution in [0.5, 0.6) is 5.75 Å². The molecule has 13 heteroatoms. The van der Waals surface area contributed by atoms with Crippen LogP contribution in [0.25, 0.3) is 11.0 Å². The van der Waals surface area contributed by atoms with Crippen LogP contribution >= 0.6 is 0 Å². The van der Waals surface area contributed by atoms with E-state index in [1.165, 1.54) is 18.0 Å². The number of nitrogens with zero attached hydrogens (tertiary/aromatic N) is 5. The summed E-state index contributed by atoms with van der Waals surface area (Å²) in [5.74, 6) is -1.06. The fraction of sp³-hybridized carbons (Fsp3) is 0.476. The zero-order chi connectivity index (χ0) is 24.2. The van der Waals surface area contributed by atoms with Gasteiger partial charge in [0.05, 0.1) is 32.1 Å². The van der Waals surface area contributed by atoms with E-state index in [1.54, 1.807) is 9.80 Å². The number of rotatable bonds is 9. The highest BCUT2D eigenvalue weighted by molar-refractivity contribution is 5.74. The highest BCUT2D eigenvalue weighted by atomic mass is 19.1. The maximum Gasteiger partial charge on any atom is 0.263 e. The third kappa shape index (κ3) is 4.95. The zero-order valence-electron chi connectivity index (χ0n) is 18.6. The van der Waals surface area contributed by atoms with Crippen LogP contribution in [0.1, 0.15) is 0 Å². The lowest BCUT2D eigenvalue weighted by molar-refractivity contribution is 0.0792. The maximum absolute atomic E-state index is 14.7. The number of anilines is 2. The second-order valence-electron chi connectivity index (χ2n) is 7.84. The Balaban J connectivity index is 1.49. The number of aliphatic hydroxyl groups excluding tert-OH is 2. The number of fused-ring (bicyclic) bond motifs is 1. The Bertz CT molecular complexity index is 1170. The number of halogens is 2. The second kappa shape index (κ2) is 10.3. The van der Waals surface area contributed by atoms with Crippen LogP contribution in [-0.2, 0) is 11.3 Å². The molecule has 1 aromatic carbocycles. The summed E-state index contributed by atoms with van der Waals surface area (Å²) < 4.78 is 40.9. The topological polar surface area (TPSA) is 129 Å². The lowest BCUT2D eigenvalue weighted by Crippen LogP contribution is -2.48. The highest BCUT2D eigenvalue weighted by Gasteiger charge is 2.25. The van der Waals surface area contributed by atoms with Crippen molar-refractivity contribution in [3.63, 3.8) is 0 Å². The van der Waals surface area contributed by atoms with Gasteiger partial charge in [-0.25, -0.2) is 13.5 Å². The highest BCUT2D eigenvalue weighted by Crippen LogP contribution is 2.29. The van der Waals surface area contributed by atoms with Crippen LogP contribution in [0.3, 0.4) is 0 Å². The molecular formula is C21H26F2N6O5. The van der Waals surface area contributed by atoms with E-state index in [2.05, 4.69) is 15.1 Å². The van der Waals surface area contributed by atoms with Gasteiger partial charge >= 0.3 is 0 Å². The predicted octanol–water partition coefficient (Wildman–Crippen LogP) is 0.103. The molecule has 3 heterocycles. The first-order valence-electron chi connectivity index (χ1n) is 10.8. The van der Waals surface area contributed by atoms with Crippen LogP contribution in [0, 0.1) is 11.6 Å². The summed E-state index contributed by atoms with van der Waals surface area (Å²) in [7, 11) is 1.51. The average Bonchev–Trinajstić information content (AvgIpc) is 3.22. The van der Waals surface area contributed by atoms with Crippen molar-refractivity contribution in [2.75, 3.05) is 62.9 Å². The van der Waals surface area contributed by atoms with Crippen molar-refractivity contribution >= 4 is 22.7 Å². The number of aromatic nitrogens is 4. The van der Waals surface area contributed by atoms with E-state index in [4.69, 9.17) is 14.6 Å². The van der Waals surface area contributed by atoms with Gasteiger partial charge in [-0.15, -0.1) is 0 Å². The Morgan fingerprint density at radius 1 is 1.15 bits per heavy atom. The molecule has 3 N–H and O–H groups in total. The lowest BCUT2D eigenvalue weighted by atomic mass is 10.2. The molecule has 11 nitrogen and oxygen atoms in total. The standard InChI is InChI=1S/C21H26F2N6O5/c1-33-6-7-34-14-8-16(22)18(17(23)9-14)27-2-4-28(5-3-27)21-25-19-15(20(32)26-21)10-24-29(19)11-13(31)12-30/h8-10,13,30-31H,2-7,11-12H2,1H3,(H,25,26,32). The SMILES string of the molecule is COCCOc1cc(F)c(N2CCN(c3nc4c(cnn4CC(O)CO)c(=O)[nH]3)CC2)c(F)c1. The Morgan fingerprint density at radius 2 is 1.82 bits per heavy atom. The quantitative estimate of drug-likeness (QED) is 0.365. The van der Waals surface area contributed by atoms with Gasteiger partial charge in [0, 0.05) is 45.4 Å². The first-order chi connectivity index (χ1) is 16.4. The van der Waals surface area contributed by atoms with Crippen LogP contribution in [0.2, 0.25) is 0 Å². The van der Waals surface area contributed by atoms with Crippen LogP contribution in [0.15, 0.2) is 23.1 Å². The molecule has 0 amide bonds. The number of methoxy groups -OCH3 is 1. The third-order valence-corrected chi connectivity index (χ3v) is 5.53. The molecule has 1 atom stereocenters. The van der Waals surface area contributed by atoms with E-state index in [0.717, 1.165) is 12.1 Å². The van der Waals surface area contributed by atoms with Gasteiger partial charge in [0.25, 0.3) is 5.56 Å².